The lowest BCUT2D eigenvalue weighted by molar-refractivity contribution is 0.258. The first-order chi connectivity index (χ1) is 10.2. The van der Waals surface area contributed by atoms with Gasteiger partial charge >= 0.3 is 0 Å². The number of hydrogen-bond donors (Lipinski definition) is 1. The quantitative estimate of drug-likeness (QED) is 0.899. The van der Waals surface area contributed by atoms with Crippen LogP contribution in [0.2, 0.25) is 0 Å². The number of aryl methyl sites for hydroxylation is 1. The second-order valence-electron chi connectivity index (χ2n) is 5.48. The average molecular weight is 286 g/mol. The molecule has 21 heavy (non-hydrogen) atoms. The lowest BCUT2D eigenvalue weighted by Gasteiger charge is -2.35. The van der Waals surface area contributed by atoms with E-state index in [-0.39, 0.29) is 0 Å². The van der Waals surface area contributed by atoms with E-state index in [4.69, 9.17) is 5.73 Å². The Kier molecular flexibility index (Phi) is 4.06. The van der Waals surface area contributed by atoms with Crippen LogP contribution in [0, 0.1) is 0 Å². The van der Waals surface area contributed by atoms with E-state index in [1.165, 1.54) is 0 Å². The number of anilines is 2. The van der Waals surface area contributed by atoms with Gasteiger partial charge in [0.05, 0.1) is 11.9 Å². The van der Waals surface area contributed by atoms with Crippen molar-refractivity contribution in [3.63, 3.8) is 0 Å². The third kappa shape index (κ3) is 3.33. The number of nitrogen functional groups attached to an aromatic ring is 1. The highest BCUT2D eigenvalue weighted by molar-refractivity contribution is 5.46. The van der Waals surface area contributed by atoms with E-state index in [1.807, 2.05) is 31.6 Å². The number of piperazine rings is 1. The minimum atomic E-state index is 0.715. The van der Waals surface area contributed by atoms with Gasteiger partial charge in [-0.2, -0.15) is 0 Å². The summed E-state index contributed by atoms with van der Waals surface area (Å²) in [5, 5.41) is 0. The number of rotatable bonds is 4. The van der Waals surface area contributed by atoms with Gasteiger partial charge in [-0.25, -0.2) is 9.97 Å². The van der Waals surface area contributed by atoms with E-state index in [0.717, 1.165) is 50.8 Å². The van der Waals surface area contributed by atoms with Crippen molar-refractivity contribution in [2.75, 3.05) is 43.4 Å². The molecule has 2 aromatic heterocycles. The van der Waals surface area contributed by atoms with E-state index in [9.17, 15) is 0 Å². The Bertz CT molecular complexity index is 568. The van der Waals surface area contributed by atoms with Crippen LogP contribution in [0.3, 0.4) is 0 Å². The number of pyridine rings is 1. The predicted octanol–water partition coefficient (Wildman–Crippen LogP) is 0.762. The predicted molar refractivity (Wildman–Crippen MR) is 84.2 cm³/mol. The Hall–Kier alpha value is -2.08. The van der Waals surface area contributed by atoms with Gasteiger partial charge in [-0.15, -0.1) is 0 Å². The van der Waals surface area contributed by atoms with Crippen LogP contribution in [0.5, 0.6) is 0 Å². The average Bonchev–Trinajstić information content (AvgIpc) is 2.92. The monoisotopic (exact) mass is 286 g/mol. The Labute approximate surface area is 125 Å². The molecule has 1 fully saturated rings. The van der Waals surface area contributed by atoms with Gasteiger partial charge in [0.15, 0.2) is 0 Å². The molecule has 6 heteroatoms. The zero-order valence-electron chi connectivity index (χ0n) is 12.4. The van der Waals surface area contributed by atoms with Crippen molar-refractivity contribution >= 4 is 11.5 Å². The smallest absolute Gasteiger partial charge is 0.128 e. The molecule has 112 valence electrons. The Morgan fingerprint density at radius 2 is 1.95 bits per heavy atom. The molecule has 0 aromatic carbocycles. The largest absolute Gasteiger partial charge is 0.397 e. The molecule has 2 aromatic rings. The molecule has 1 aliphatic heterocycles. The van der Waals surface area contributed by atoms with Gasteiger partial charge in [0.2, 0.25) is 0 Å². The maximum absolute atomic E-state index is 5.68. The van der Waals surface area contributed by atoms with E-state index in [1.54, 1.807) is 6.20 Å². The van der Waals surface area contributed by atoms with E-state index in [0.29, 0.717) is 5.69 Å². The van der Waals surface area contributed by atoms with Crippen LogP contribution >= 0.6 is 0 Å². The lowest BCUT2D eigenvalue weighted by Crippen LogP contribution is -2.47. The van der Waals surface area contributed by atoms with Crippen LogP contribution in [-0.4, -0.2) is 52.2 Å². The van der Waals surface area contributed by atoms with Crippen molar-refractivity contribution in [1.82, 2.24) is 19.4 Å². The van der Waals surface area contributed by atoms with Crippen molar-refractivity contribution < 1.29 is 0 Å². The molecule has 2 N–H and O–H groups in total. The SMILES string of the molecule is Cn1ccnc1CCN1CCN(c2ccc(N)cn2)CC1. The third-order valence-electron chi connectivity index (χ3n) is 4.04. The fraction of sp³-hybridized carbons (Fsp3) is 0.467. The summed E-state index contributed by atoms with van der Waals surface area (Å²) in [7, 11) is 2.05. The summed E-state index contributed by atoms with van der Waals surface area (Å²) < 4.78 is 2.09. The van der Waals surface area contributed by atoms with Gasteiger partial charge < -0.3 is 15.2 Å². The fourth-order valence-corrected chi connectivity index (χ4v) is 2.68. The molecule has 0 unspecified atom stereocenters. The molecular formula is C15H22N6. The molecule has 6 nitrogen and oxygen atoms in total. The van der Waals surface area contributed by atoms with E-state index >= 15 is 0 Å². The number of nitrogens with two attached hydrogens (primary N) is 1. The zero-order chi connectivity index (χ0) is 14.7. The third-order valence-corrected chi connectivity index (χ3v) is 4.04. The van der Waals surface area contributed by atoms with Crippen molar-refractivity contribution in [3.05, 3.63) is 36.5 Å². The van der Waals surface area contributed by atoms with Gasteiger partial charge in [0, 0.05) is 58.6 Å². The normalized spacial score (nSPS) is 16.3. The Balaban J connectivity index is 1.49. The highest BCUT2D eigenvalue weighted by Crippen LogP contribution is 2.14. The summed E-state index contributed by atoms with van der Waals surface area (Å²) in [6.07, 6.45) is 6.59. The topological polar surface area (TPSA) is 63.2 Å². The number of nitrogens with zero attached hydrogens (tertiary/aromatic N) is 5. The molecule has 3 heterocycles. The van der Waals surface area contributed by atoms with Crippen LogP contribution in [0.15, 0.2) is 30.7 Å². The molecular weight excluding hydrogens is 264 g/mol. The molecule has 3 rings (SSSR count). The van der Waals surface area contributed by atoms with Crippen LogP contribution in [0.1, 0.15) is 5.82 Å². The zero-order valence-corrected chi connectivity index (χ0v) is 12.4. The number of imidazole rings is 1. The highest BCUT2D eigenvalue weighted by Gasteiger charge is 2.18. The molecule has 0 spiro atoms. The van der Waals surface area contributed by atoms with Crippen molar-refractivity contribution in [1.29, 1.82) is 0 Å². The second-order valence-corrected chi connectivity index (χ2v) is 5.48. The molecule has 0 bridgehead atoms. The van der Waals surface area contributed by atoms with Gasteiger partial charge in [-0.3, -0.25) is 4.90 Å². The van der Waals surface area contributed by atoms with Crippen molar-refractivity contribution in [2.24, 2.45) is 7.05 Å². The lowest BCUT2D eigenvalue weighted by atomic mass is 10.2. The summed E-state index contributed by atoms with van der Waals surface area (Å²) in [6, 6.07) is 3.91. The molecule has 0 radical (unpaired) electrons. The molecule has 0 atom stereocenters. The summed E-state index contributed by atoms with van der Waals surface area (Å²) in [4.78, 5) is 13.6. The van der Waals surface area contributed by atoms with Crippen molar-refractivity contribution in [2.45, 2.75) is 6.42 Å². The summed E-state index contributed by atoms with van der Waals surface area (Å²) >= 11 is 0. The minimum Gasteiger partial charge on any atom is -0.397 e. The molecule has 0 saturated carbocycles. The maximum atomic E-state index is 5.68. The van der Waals surface area contributed by atoms with Gasteiger partial charge in [0.1, 0.15) is 11.6 Å². The first kappa shape index (κ1) is 13.9. The maximum Gasteiger partial charge on any atom is 0.128 e. The van der Waals surface area contributed by atoms with Gasteiger partial charge in [0.25, 0.3) is 0 Å². The first-order valence-electron chi connectivity index (χ1n) is 7.37. The van der Waals surface area contributed by atoms with E-state index < -0.39 is 0 Å². The number of aromatic nitrogens is 3. The molecule has 1 saturated heterocycles. The first-order valence-corrected chi connectivity index (χ1v) is 7.37. The summed E-state index contributed by atoms with van der Waals surface area (Å²) in [5.41, 5.74) is 6.39. The van der Waals surface area contributed by atoms with E-state index in [2.05, 4.69) is 24.3 Å². The van der Waals surface area contributed by atoms with Crippen LogP contribution in [-0.2, 0) is 13.5 Å². The fourth-order valence-electron chi connectivity index (χ4n) is 2.68. The molecule has 0 amide bonds. The van der Waals surface area contributed by atoms with Crippen LogP contribution in [0.25, 0.3) is 0 Å². The summed E-state index contributed by atoms with van der Waals surface area (Å²) in [6.45, 7) is 5.22. The molecule has 0 aliphatic carbocycles. The summed E-state index contributed by atoms with van der Waals surface area (Å²) in [5.74, 6) is 2.17. The minimum absolute atomic E-state index is 0.715. The standard InChI is InChI=1S/C15H22N6/c1-19-7-5-17-14(19)4-6-20-8-10-21(11-9-20)15-3-2-13(16)12-18-15/h2-3,5,7,12H,4,6,8-11,16H2,1H3. The second kappa shape index (κ2) is 6.13. The van der Waals surface area contributed by atoms with Gasteiger partial charge in [-0.1, -0.05) is 0 Å². The number of hydrogen-bond acceptors (Lipinski definition) is 5. The Morgan fingerprint density at radius 1 is 1.14 bits per heavy atom. The Morgan fingerprint density at radius 3 is 2.57 bits per heavy atom. The molecule has 1 aliphatic rings. The highest BCUT2D eigenvalue weighted by atomic mass is 15.3. The van der Waals surface area contributed by atoms with Crippen LogP contribution < -0.4 is 10.6 Å². The van der Waals surface area contributed by atoms with Gasteiger partial charge in [-0.05, 0) is 12.1 Å². The van der Waals surface area contributed by atoms with Crippen LogP contribution in [0.4, 0.5) is 11.5 Å². The van der Waals surface area contributed by atoms with Crippen molar-refractivity contribution in [3.8, 4) is 0 Å².